The zero-order valence-corrected chi connectivity index (χ0v) is 18.4. The Morgan fingerprint density at radius 3 is 2.03 bits per heavy atom. The van der Waals surface area contributed by atoms with Crippen molar-refractivity contribution in [2.45, 2.75) is 33.6 Å². The molecule has 0 bridgehead atoms. The predicted molar refractivity (Wildman–Crippen MR) is 117 cm³/mol. The number of ether oxygens (including phenoxy) is 4. The van der Waals surface area contributed by atoms with Crippen LogP contribution >= 0.6 is 0 Å². The lowest BCUT2D eigenvalue weighted by atomic mass is 9.97. The quantitative estimate of drug-likeness (QED) is 0.232. The van der Waals surface area contributed by atoms with Gasteiger partial charge in [0.2, 0.25) is 0 Å². The molecule has 0 heterocycles. The maximum Gasteiger partial charge on any atom is 0.140 e. The van der Waals surface area contributed by atoms with Crippen molar-refractivity contribution in [2.24, 2.45) is 5.16 Å². The van der Waals surface area contributed by atoms with Crippen LogP contribution < -0.4 is 18.9 Å². The standard InChI is InChI=1S/C23H31NO5/c1-8-13-29-24-17(10-9-15(2)3)16-14-20(27-6)21-18(25-4)11-12-19(26-5)22(21)23(16)28-7/h9,11-12,14H,8,10,13H2,1-7H3. The molecule has 0 saturated carbocycles. The summed E-state index contributed by atoms with van der Waals surface area (Å²) in [6.45, 7) is 6.69. The van der Waals surface area contributed by atoms with E-state index in [1.54, 1.807) is 28.4 Å². The van der Waals surface area contributed by atoms with Gasteiger partial charge in [0.25, 0.3) is 0 Å². The molecule has 0 aliphatic rings. The third kappa shape index (κ3) is 4.94. The molecule has 0 unspecified atom stereocenters. The molecule has 6 nitrogen and oxygen atoms in total. The van der Waals surface area contributed by atoms with E-state index in [0.717, 1.165) is 28.5 Å². The van der Waals surface area contributed by atoms with Crippen molar-refractivity contribution < 1.29 is 23.8 Å². The van der Waals surface area contributed by atoms with Crippen LogP contribution in [-0.4, -0.2) is 40.8 Å². The SMILES string of the molecule is CCCON=C(CC=C(C)C)c1cc(OC)c2c(OC)ccc(OC)c2c1OC. The summed E-state index contributed by atoms with van der Waals surface area (Å²) in [5.41, 5.74) is 2.73. The first-order valence-corrected chi connectivity index (χ1v) is 9.64. The molecule has 2 aromatic rings. The van der Waals surface area contributed by atoms with Crippen LogP contribution in [-0.2, 0) is 4.84 Å². The molecule has 0 amide bonds. The fourth-order valence-electron chi connectivity index (χ4n) is 3.08. The third-order valence-corrected chi connectivity index (χ3v) is 4.47. The molecule has 2 aromatic carbocycles. The third-order valence-electron chi connectivity index (χ3n) is 4.47. The van der Waals surface area contributed by atoms with Crippen molar-refractivity contribution in [1.82, 2.24) is 0 Å². The normalized spacial score (nSPS) is 11.2. The van der Waals surface area contributed by atoms with Crippen LogP contribution in [0.1, 0.15) is 39.2 Å². The zero-order chi connectivity index (χ0) is 21.4. The van der Waals surface area contributed by atoms with Crippen molar-refractivity contribution >= 4 is 16.5 Å². The second kappa shape index (κ2) is 10.6. The summed E-state index contributed by atoms with van der Waals surface area (Å²) in [6, 6.07) is 5.62. The number of rotatable bonds is 10. The molecule has 0 N–H and O–H groups in total. The number of allylic oxidation sites excluding steroid dienone is 2. The van der Waals surface area contributed by atoms with Gasteiger partial charge in [0.1, 0.15) is 29.6 Å². The van der Waals surface area contributed by atoms with Gasteiger partial charge in [-0.2, -0.15) is 0 Å². The maximum absolute atomic E-state index is 5.85. The van der Waals surface area contributed by atoms with Gasteiger partial charge in [-0.25, -0.2) is 0 Å². The highest BCUT2D eigenvalue weighted by molar-refractivity contribution is 6.12. The summed E-state index contributed by atoms with van der Waals surface area (Å²) in [6.07, 6.45) is 3.58. The van der Waals surface area contributed by atoms with Crippen molar-refractivity contribution in [3.8, 4) is 23.0 Å². The van der Waals surface area contributed by atoms with E-state index in [9.17, 15) is 0 Å². The highest BCUT2D eigenvalue weighted by Gasteiger charge is 2.23. The molecule has 0 aliphatic carbocycles. The molecular formula is C23H31NO5. The number of oxime groups is 1. The monoisotopic (exact) mass is 401 g/mol. The molecule has 29 heavy (non-hydrogen) atoms. The average molecular weight is 402 g/mol. The van der Waals surface area contributed by atoms with Crippen molar-refractivity contribution in [3.63, 3.8) is 0 Å². The molecule has 0 aromatic heterocycles. The summed E-state index contributed by atoms with van der Waals surface area (Å²) in [7, 11) is 6.52. The van der Waals surface area contributed by atoms with E-state index in [1.165, 1.54) is 5.57 Å². The molecule has 2 rings (SSSR count). The molecule has 0 aliphatic heterocycles. The Morgan fingerprint density at radius 1 is 0.897 bits per heavy atom. The summed E-state index contributed by atoms with van der Waals surface area (Å²) in [5, 5.41) is 5.96. The van der Waals surface area contributed by atoms with E-state index in [0.29, 0.717) is 36.0 Å². The number of benzene rings is 2. The molecule has 0 atom stereocenters. The number of hydrogen-bond donors (Lipinski definition) is 0. The Hall–Kier alpha value is -2.89. The topological polar surface area (TPSA) is 58.5 Å². The second-order valence-electron chi connectivity index (χ2n) is 6.74. The van der Waals surface area contributed by atoms with Gasteiger partial charge in [0.05, 0.1) is 44.9 Å². The lowest BCUT2D eigenvalue weighted by Crippen LogP contribution is -2.07. The molecule has 0 spiro atoms. The van der Waals surface area contributed by atoms with Crippen LogP contribution in [0.4, 0.5) is 0 Å². The molecule has 0 fully saturated rings. The van der Waals surface area contributed by atoms with Gasteiger partial charge in [0, 0.05) is 12.0 Å². The summed E-state index contributed by atoms with van der Waals surface area (Å²) < 4.78 is 22.8. The van der Waals surface area contributed by atoms with Gasteiger partial charge in [-0.05, 0) is 38.5 Å². The fourth-order valence-corrected chi connectivity index (χ4v) is 3.08. The fraction of sp³-hybridized carbons (Fsp3) is 0.435. The van der Waals surface area contributed by atoms with Gasteiger partial charge in [-0.1, -0.05) is 23.7 Å². The zero-order valence-electron chi connectivity index (χ0n) is 18.4. The number of nitrogens with zero attached hydrogens (tertiary/aromatic N) is 1. The summed E-state index contributed by atoms with van der Waals surface area (Å²) in [5.74, 6) is 2.62. The van der Waals surface area contributed by atoms with Crippen LogP contribution in [0.15, 0.2) is 35.0 Å². The molecular weight excluding hydrogens is 370 g/mol. The minimum Gasteiger partial charge on any atom is -0.496 e. The lowest BCUT2D eigenvalue weighted by Gasteiger charge is -2.19. The van der Waals surface area contributed by atoms with Gasteiger partial charge in [-0.3, -0.25) is 0 Å². The van der Waals surface area contributed by atoms with Crippen LogP contribution in [0, 0.1) is 0 Å². The van der Waals surface area contributed by atoms with E-state index < -0.39 is 0 Å². The first-order chi connectivity index (χ1) is 14.0. The van der Waals surface area contributed by atoms with Crippen LogP contribution in [0.3, 0.4) is 0 Å². The highest BCUT2D eigenvalue weighted by Crippen LogP contribution is 2.46. The second-order valence-corrected chi connectivity index (χ2v) is 6.74. The van der Waals surface area contributed by atoms with E-state index >= 15 is 0 Å². The largest absolute Gasteiger partial charge is 0.496 e. The molecule has 158 valence electrons. The van der Waals surface area contributed by atoms with E-state index in [1.807, 2.05) is 25.1 Å². The smallest absolute Gasteiger partial charge is 0.140 e. The average Bonchev–Trinajstić information content (AvgIpc) is 2.73. The Labute approximate surface area is 173 Å². The predicted octanol–water partition coefficient (Wildman–Crippen LogP) is 5.36. The van der Waals surface area contributed by atoms with Crippen molar-refractivity contribution in [3.05, 3.63) is 35.4 Å². The Bertz CT molecular complexity index is 898. The van der Waals surface area contributed by atoms with E-state index in [2.05, 4.69) is 25.1 Å². The minimum absolute atomic E-state index is 0.544. The highest BCUT2D eigenvalue weighted by atomic mass is 16.6. The summed E-state index contributed by atoms with van der Waals surface area (Å²) in [4.78, 5) is 5.52. The van der Waals surface area contributed by atoms with Gasteiger partial charge in [-0.15, -0.1) is 0 Å². The summed E-state index contributed by atoms with van der Waals surface area (Å²) >= 11 is 0. The first kappa shape index (κ1) is 22.4. The Balaban J connectivity index is 2.86. The number of methoxy groups -OCH3 is 4. The van der Waals surface area contributed by atoms with Crippen molar-refractivity contribution in [2.75, 3.05) is 35.0 Å². The number of fused-ring (bicyclic) bond motifs is 1. The van der Waals surface area contributed by atoms with Crippen LogP contribution in [0.2, 0.25) is 0 Å². The molecule has 0 radical (unpaired) electrons. The first-order valence-electron chi connectivity index (χ1n) is 9.64. The lowest BCUT2D eigenvalue weighted by molar-refractivity contribution is 0.144. The van der Waals surface area contributed by atoms with Gasteiger partial charge < -0.3 is 23.8 Å². The Morgan fingerprint density at radius 2 is 1.52 bits per heavy atom. The molecule has 0 saturated heterocycles. The van der Waals surface area contributed by atoms with Gasteiger partial charge in [0.15, 0.2) is 0 Å². The number of hydrogen-bond acceptors (Lipinski definition) is 6. The van der Waals surface area contributed by atoms with Gasteiger partial charge >= 0.3 is 0 Å². The molecule has 6 heteroatoms. The van der Waals surface area contributed by atoms with E-state index in [-0.39, 0.29) is 0 Å². The maximum atomic E-state index is 5.85. The van der Waals surface area contributed by atoms with E-state index in [4.69, 9.17) is 23.8 Å². The van der Waals surface area contributed by atoms with Crippen LogP contribution in [0.5, 0.6) is 23.0 Å². The van der Waals surface area contributed by atoms with Crippen LogP contribution in [0.25, 0.3) is 10.8 Å². The van der Waals surface area contributed by atoms with Crippen molar-refractivity contribution in [1.29, 1.82) is 0 Å². The Kier molecular flexibility index (Phi) is 8.19. The minimum atomic E-state index is 0.544.